The second-order valence-electron chi connectivity index (χ2n) is 6.85. The van der Waals surface area contributed by atoms with E-state index < -0.39 is 12.7 Å². The molecular formula is C16H20F3N5O. The van der Waals surface area contributed by atoms with E-state index in [-0.39, 0.29) is 29.8 Å². The van der Waals surface area contributed by atoms with Gasteiger partial charge in [0.15, 0.2) is 0 Å². The normalized spacial score (nSPS) is 12.4. The number of H-pyrrole nitrogens is 1. The molecule has 0 aromatic carbocycles. The summed E-state index contributed by atoms with van der Waals surface area (Å²) in [7, 11) is 0. The van der Waals surface area contributed by atoms with Crippen LogP contribution in [0, 0.1) is 11.3 Å². The van der Waals surface area contributed by atoms with Crippen LogP contribution in [0.4, 0.5) is 13.2 Å². The second kappa shape index (κ2) is 6.78. The average molecular weight is 355 g/mol. The van der Waals surface area contributed by atoms with Gasteiger partial charge in [-0.3, -0.25) is 9.89 Å². The van der Waals surface area contributed by atoms with Gasteiger partial charge in [-0.2, -0.15) is 18.4 Å². The highest BCUT2D eigenvalue weighted by Crippen LogP contribution is 2.23. The Morgan fingerprint density at radius 2 is 2.00 bits per heavy atom. The first-order valence-corrected chi connectivity index (χ1v) is 7.79. The maximum Gasteiger partial charge on any atom is 0.406 e. The van der Waals surface area contributed by atoms with Crippen LogP contribution in [-0.4, -0.2) is 25.5 Å². The van der Waals surface area contributed by atoms with Gasteiger partial charge in [0.2, 0.25) is 0 Å². The summed E-state index contributed by atoms with van der Waals surface area (Å²) in [6, 6.07) is 2.01. The van der Waals surface area contributed by atoms with Crippen molar-refractivity contribution in [3.8, 4) is 6.07 Å². The van der Waals surface area contributed by atoms with Crippen LogP contribution in [0.25, 0.3) is 0 Å². The van der Waals surface area contributed by atoms with Crippen LogP contribution in [0.2, 0.25) is 0 Å². The number of hydrogen-bond donors (Lipinski definition) is 1. The molecule has 0 spiro atoms. The largest absolute Gasteiger partial charge is 0.406 e. The van der Waals surface area contributed by atoms with Gasteiger partial charge in [-0.05, 0) is 6.42 Å². The Kier molecular flexibility index (Phi) is 5.11. The van der Waals surface area contributed by atoms with Gasteiger partial charge < -0.3 is 4.57 Å². The molecule has 0 saturated heterocycles. The van der Waals surface area contributed by atoms with E-state index >= 15 is 0 Å². The molecule has 0 bridgehead atoms. The predicted molar refractivity (Wildman–Crippen MR) is 85.1 cm³/mol. The number of halogens is 3. The first kappa shape index (κ1) is 18.8. The third-order valence-electron chi connectivity index (χ3n) is 3.74. The topological polar surface area (TPSA) is 79.4 Å². The molecule has 0 radical (unpaired) electrons. The number of alkyl halides is 3. The lowest BCUT2D eigenvalue weighted by molar-refractivity contribution is -0.141. The highest BCUT2D eigenvalue weighted by molar-refractivity contribution is 5.25. The summed E-state index contributed by atoms with van der Waals surface area (Å²) in [6.07, 6.45) is -1.37. The molecule has 136 valence electrons. The molecule has 0 aliphatic heterocycles. The highest BCUT2D eigenvalue weighted by Gasteiger charge is 2.29. The Labute approximate surface area is 142 Å². The van der Waals surface area contributed by atoms with Crippen LogP contribution in [0.15, 0.2) is 17.2 Å². The summed E-state index contributed by atoms with van der Waals surface area (Å²) in [6.45, 7) is 4.50. The third kappa shape index (κ3) is 4.53. The fraction of sp³-hybridized carbons (Fsp3) is 0.562. The molecule has 25 heavy (non-hydrogen) atoms. The van der Waals surface area contributed by atoms with Crippen LogP contribution in [-0.2, 0) is 24.9 Å². The summed E-state index contributed by atoms with van der Waals surface area (Å²) >= 11 is 0. The van der Waals surface area contributed by atoms with Gasteiger partial charge >= 0.3 is 6.18 Å². The van der Waals surface area contributed by atoms with Crippen LogP contribution < -0.4 is 5.56 Å². The number of aromatic amines is 1. The molecule has 1 N–H and O–H groups in total. The molecule has 0 aliphatic rings. The second-order valence-corrected chi connectivity index (χ2v) is 6.85. The van der Waals surface area contributed by atoms with Gasteiger partial charge in [0.1, 0.15) is 18.9 Å². The fourth-order valence-electron chi connectivity index (χ4n) is 2.64. The zero-order chi connectivity index (χ0) is 18.8. The molecular weight excluding hydrogens is 335 g/mol. The van der Waals surface area contributed by atoms with Gasteiger partial charge in [-0.25, -0.2) is 9.67 Å². The number of nitrogens with zero attached hydrogens (tertiary/aromatic N) is 4. The Morgan fingerprint density at radius 1 is 1.32 bits per heavy atom. The number of imidazole rings is 1. The molecule has 0 atom stereocenters. The van der Waals surface area contributed by atoms with Gasteiger partial charge in [-0.1, -0.05) is 20.8 Å². The Hall–Kier alpha value is -2.50. The summed E-state index contributed by atoms with van der Waals surface area (Å²) in [5, 5.41) is 11.8. The molecule has 2 heterocycles. The quantitative estimate of drug-likeness (QED) is 0.896. The lowest BCUT2D eigenvalue weighted by atomic mass is 9.88. The number of rotatable bonds is 5. The van der Waals surface area contributed by atoms with Crippen LogP contribution in [0.5, 0.6) is 0 Å². The monoisotopic (exact) mass is 355 g/mol. The molecule has 0 amide bonds. The highest BCUT2D eigenvalue weighted by atomic mass is 19.4. The van der Waals surface area contributed by atoms with Gasteiger partial charge in [-0.15, -0.1) is 0 Å². The van der Waals surface area contributed by atoms with Crippen molar-refractivity contribution in [2.75, 3.05) is 0 Å². The maximum absolute atomic E-state index is 12.6. The van der Waals surface area contributed by atoms with Crippen molar-refractivity contribution in [1.29, 1.82) is 5.26 Å². The Bertz CT molecular complexity index is 830. The van der Waals surface area contributed by atoms with E-state index in [4.69, 9.17) is 5.26 Å². The summed E-state index contributed by atoms with van der Waals surface area (Å²) in [4.78, 5) is 16.6. The van der Waals surface area contributed by atoms with Crippen molar-refractivity contribution in [3.05, 3.63) is 39.8 Å². The first-order chi connectivity index (χ1) is 11.5. The van der Waals surface area contributed by atoms with Gasteiger partial charge in [0.25, 0.3) is 5.56 Å². The van der Waals surface area contributed by atoms with E-state index in [1.807, 2.05) is 26.8 Å². The van der Waals surface area contributed by atoms with Gasteiger partial charge in [0, 0.05) is 35.5 Å². The molecule has 2 aromatic heterocycles. The van der Waals surface area contributed by atoms with E-state index in [0.717, 1.165) is 4.57 Å². The lowest BCUT2D eigenvalue weighted by Gasteiger charge is -2.18. The minimum Gasteiger partial charge on any atom is -0.324 e. The van der Waals surface area contributed by atoms with Crippen molar-refractivity contribution in [3.63, 3.8) is 0 Å². The number of nitriles is 1. The molecule has 0 fully saturated rings. The molecule has 0 saturated carbocycles. The average Bonchev–Trinajstić information content (AvgIpc) is 3.01. The fourth-order valence-corrected chi connectivity index (χ4v) is 2.64. The van der Waals surface area contributed by atoms with Gasteiger partial charge in [0.05, 0.1) is 6.07 Å². The molecule has 2 rings (SSSR count). The minimum absolute atomic E-state index is 0.0997. The molecule has 2 aromatic rings. The first-order valence-electron chi connectivity index (χ1n) is 7.79. The van der Waals surface area contributed by atoms with Crippen LogP contribution >= 0.6 is 0 Å². The van der Waals surface area contributed by atoms with Crippen LogP contribution in [0.3, 0.4) is 0 Å². The molecule has 6 nitrogen and oxygen atoms in total. The molecule has 0 unspecified atom stereocenters. The SMILES string of the molecule is CC(C)(C)c1[nH]n(Cc2nccn2CC(F)(F)F)c(=O)c1CCC#N. The lowest BCUT2D eigenvalue weighted by Crippen LogP contribution is -2.24. The van der Waals surface area contributed by atoms with Crippen molar-refractivity contribution in [1.82, 2.24) is 19.3 Å². The van der Waals surface area contributed by atoms with E-state index in [9.17, 15) is 18.0 Å². The molecule has 9 heteroatoms. The third-order valence-corrected chi connectivity index (χ3v) is 3.74. The van der Waals surface area contributed by atoms with Crippen molar-refractivity contribution in [2.24, 2.45) is 0 Å². The standard InChI is InChI=1S/C16H20F3N5O/c1-15(2,3)13-11(5-4-6-20)14(25)24(22-13)9-12-21-7-8-23(12)10-16(17,18)19/h7-8,22H,4-5,9-10H2,1-3H3. The number of nitrogens with one attached hydrogen (secondary N) is 1. The van der Waals surface area contributed by atoms with Crippen molar-refractivity contribution < 1.29 is 13.2 Å². The summed E-state index contributed by atoms with van der Waals surface area (Å²) in [5.41, 5.74) is 0.475. The molecule has 0 aliphatic carbocycles. The zero-order valence-corrected chi connectivity index (χ0v) is 14.3. The zero-order valence-electron chi connectivity index (χ0n) is 14.3. The van der Waals surface area contributed by atoms with E-state index in [0.29, 0.717) is 17.7 Å². The summed E-state index contributed by atoms with van der Waals surface area (Å²) in [5.74, 6) is 0.132. The number of aromatic nitrogens is 4. The number of hydrogen-bond acceptors (Lipinski definition) is 3. The van der Waals surface area contributed by atoms with E-state index in [2.05, 4.69) is 10.1 Å². The van der Waals surface area contributed by atoms with Crippen LogP contribution in [0.1, 0.15) is 44.3 Å². The minimum atomic E-state index is -4.37. The van der Waals surface area contributed by atoms with E-state index in [1.165, 1.54) is 17.1 Å². The van der Waals surface area contributed by atoms with E-state index in [1.54, 1.807) is 0 Å². The Morgan fingerprint density at radius 3 is 2.56 bits per heavy atom. The Balaban J connectivity index is 2.39. The van der Waals surface area contributed by atoms with Crippen molar-refractivity contribution >= 4 is 0 Å². The smallest absolute Gasteiger partial charge is 0.324 e. The van der Waals surface area contributed by atoms with Crippen molar-refractivity contribution in [2.45, 2.75) is 58.3 Å². The predicted octanol–water partition coefficient (Wildman–Crippen LogP) is 2.74. The summed E-state index contributed by atoms with van der Waals surface area (Å²) < 4.78 is 40.1. The maximum atomic E-state index is 12.6.